The van der Waals surface area contributed by atoms with Crippen LogP contribution in [0.25, 0.3) is 0 Å². The fourth-order valence-corrected chi connectivity index (χ4v) is 0. The molecule has 0 spiro atoms. The van der Waals surface area contributed by atoms with Crippen LogP contribution in [0.5, 0.6) is 0 Å². The van der Waals surface area contributed by atoms with Crippen LogP contribution in [0.1, 0.15) is 0 Å². The standard InChI is InChI=1S/4ClH.4H2O.Ta/h4*1H;4*1H2;/q;;;;;;;;+4/p-4. The summed E-state index contributed by atoms with van der Waals surface area (Å²) in [5, 5.41) is 0. The second-order valence-corrected chi connectivity index (χ2v) is 28.2. The quantitative estimate of drug-likeness (QED) is 0.523. The van der Waals surface area contributed by atoms with Crippen molar-refractivity contribution in [2.45, 2.75) is 0 Å². The minimum atomic E-state index is -3.33. The second-order valence-electron chi connectivity index (χ2n) is 0.383. The van der Waals surface area contributed by atoms with Gasteiger partial charge in [0.05, 0.1) is 0 Å². The van der Waals surface area contributed by atoms with Crippen molar-refractivity contribution in [3.63, 3.8) is 0 Å². The van der Waals surface area contributed by atoms with Crippen LogP contribution in [-0.4, -0.2) is 21.9 Å². The molecule has 65 valence electrons. The molecular weight excluding hydrogens is 387 g/mol. The summed E-state index contributed by atoms with van der Waals surface area (Å²) in [5.41, 5.74) is 0. The molecule has 0 amide bonds. The molecule has 4 nitrogen and oxygen atoms in total. The molecule has 9 heavy (non-hydrogen) atoms. The van der Waals surface area contributed by atoms with Gasteiger partial charge >= 0.3 is 49.6 Å². The molecule has 0 bridgehead atoms. The molecule has 0 aliphatic heterocycles. The molecule has 0 saturated carbocycles. The molecule has 0 aromatic carbocycles. The van der Waals surface area contributed by atoms with Crippen LogP contribution in [0.15, 0.2) is 0 Å². The summed E-state index contributed by atoms with van der Waals surface area (Å²) in [6, 6.07) is 0. The number of hydrogen-bond acceptors (Lipinski definition) is 0. The van der Waals surface area contributed by atoms with E-state index in [-0.39, 0.29) is 21.9 Å². The molecule has 0 saturated heterocycles. The Morgan fingerprint density at radius 3 is 0.556 bits per heavy atom. The van der Waals surface area contributed by atoms with E-state index in [9.17, 15) is 0 Å². The Hall–Kier alpha value is 1.74. The van der Waals surface area contributed by atoms with Crippen molar-refractivity contribution in [1.29, 1.82) is 0 Å². The van der Waals surface area contributed by atoms with Crippen LogP contribution in [0.2, 0.25) is 0 Å². The summed E-state index contributed by atoms with van der Waals surface area (Å²) in [5.74, 6) is 0. The average molecular weight is 395 g/mol. The third kappa shape index (κ3) is 193. The fraction of sp³-hybridized carbons (Fsp3) is 0. The van der Waals surface area contributed by atoms with Gasteiger partial charge in [0.15, 0.2) is 0 Å². The van der Waals surface area contributed by atoms with Gasteiger partial charge in [-0.2, -0.15) is 0 Å². The Balaban J connectivity index is -0.0000000133. The van der Waals surface area contributed by atoms with E-state index in [1.165, 1.54) is 0 Å². The first kappa shape index (κ1) is 30.9. The topological polar surface area (TPSA) is 126 Å². The van der Waals surface area contributed by atoms with E-state index in [0.29, 0.717) is 0 Å². The third-order valence-corrected chi connectivity index (χ3v) is 0. The van der Waals surface area contributed by atoms with Gasteiger partial charge in [-0.05, 0) is 0 Å². The van der Waals surface area contributed by atoms with Crippen molar-refractivity contribution in [3.05, 3.63) is 0 Å². The predicted molar refractivity (Wildman–Crippen MR) is 37.9 cm³/mol. The first-order chi connectivity index (χ1) is 2.00. The molecular formula is H8Cl4O4Ta. The minimum absolute atomic E-state index is 0. The van der Waals surface area contributed by atoms with Gasteiger partial charge in [0, 0.05) is 0 Å². The molecule has 0 atom stereocenters. The van der Waals surface area contributed by atoms with Crippen LogP contribution in [0.4, 0.5) is 0 Å². The Labute approximate surface area is 71.1 Å². The molecule has 0 aliphatic carbocycles. The zero-order valence-electron chi connectivity index (χ0n) is 3.96. The van der Waals surface area contributed by atoms with Crippen LogP contribution in [0, 0.1) is 0 Å². The SMILES string of the molecule is O.O.O.O.[Cl][Ta]([Cl])([Cl])[Cl]. The average Bonchev–Trinajstić information content (AvgIpc) is 0.722. The Morgan fingerprint density at radius 1 is 0.556 bits per heavy atom. The Bertz CT molecular complexity index is 28.0. The molecule has 0 unspecified atom stereocenters. The zero-order chi connectivity index (χ0) is 4.50. The van der Waals surface area contributed by atoms with Gasteiger partial charge in [-0.3, -0.25) is 0 Å². The van der Waals surface area contributed by atoms with Crippen LogP contribution >= 0.6 is 36.8 Å². The van der Waals surface area contributed by atoms with Crippen molar-refractivity contribution in [3.8, 4) is 0 Å². The van der Waals surface area contributed by atoms with Gasteiger partial charge in [-0.25, -0.2) is 0 Å². The second kappa shape index (κ2) is 12.4. The van der Waals surface area contributed by atoms with Crippen molar-refractivity contribution < 1.29 is 34.7 Å². The van der Waals surface area contributed by atoms with Gasteiger partial charge in [0.2, 0.25) is 0 Å². The van der Waals surface area contributed by atoms with Gasteiger partial charge in [0.25, 0.3) is 0 Å². The fourth-order valence-electron chi connectivity index (χ4n) is 0. The molecule has 0 aromatic rings. The van der Waals surface area contributed by atoms with Gasteiger partial charge < -0.3 is 21.9 Å². The maximum atomic E-state index is 5.04. The van der Waals surface area contributed by atoms with E-state index < -0.39 is 12.8 Å². The van der Waals surface area contributed by atoms with E-state index in [4.69, 9.17) is 36.8 Å². The molecule has 0 radical (unpaired) electrons. The van der Waals surface area contributed by atoms with E-state index in [2.05, 4.69) is 0 Å². The Kier molecular flexibility index (Phi) is 42.7. The molecule has 0 aliphatic rings. The first-order valence-electron chi connectivity index (χ1n) is 0.676. The third-order valence-electron chi connectivity index (χ3n) is 0. The summed E-state index contributed by atoms with van der Waals surface area (Å²) < 4.78 is 0. The molecule has 0 fully saturated rings. The van der Waals surface area contributed by atoms with E-state index in [0.717, 1.165) is 0 Å². The monoisotopic (exact) mass is 393 g/mol. The number of rotatable bonds is 0. The van der Waals surface area contributed by atoms with Crippen molar-refractivity contribution in [2.24, 2.45) is 0 Å². The van der Waals surface area contributed by atoms with Crippen LogP contribution in [0.3, 0.4) is 0 Å². The molecule has 0 aromatic heterocycles. The van der Waals surface area contributed by atoms with Gasteiger partial charge in [-0.15, -0.1) is 0 Å². The molecule has 9 heteroatoms. The van der Waals surface area contributed by atoms with Gasteiger partial charge in [0.1, 0.15) is 0 Å². The van der Waals surface area contributed by atoms with Gasteiger partial charge in [-0.1, -0.05) is 0 Å². The number of hydrogen-bond donors (Lipinski definition) is 0. The maximum absolute atomic E-state index is 5.04. The predicted octanol–water partition coefficient (Wildman–Crippen LogP) is -0.543. The summed E-state index contributed by atoms with van der Waals surface area (Å²) in [7, 11) is 20.2. The normalized spacial score (nSPS) is 6.67. The van der Waals surface area contributed by atoms with Crippen molar-refractivity contribution in [1.82, 2.24) is 0 Å². The molecule has 8 N–H and O–H groups in total. The van der Waals surface area contributed by atoms with E-state index in [1.807, 2.05) is 0 Å². The summed E-state index contributed by atoms with van der Waals surface area (Å²) in [6.45, 7) is 0. The van der Waals surface area contributed by atoms with Crippen molar-refractivity contribution in [2.75, 3.05) is 0 Å². The number of halogens is 4. The van der Waals surface area contributed by atoms with Crippen molar-refractivity contribution >= 4 is 36.8 Å². The summed E-state index contributed by atoms with van der Waals surface area (Å²) in [4.78, 5) is 0. The molecule has 0 heterocycles. The first-order valence-corrected chi connectivity index (χ1v) is 16.6. The van der Waals surface area contributed by atoms with E-state index in [1.54, 1.807) is 0 Å². The summed E-state index contributed by atoms with van der Waals surface area (Å²) in [6.07, 6.45) is 0. The summed E-state index contributed by atoms with van der Waals surface area (Å²) >= 11 is -3.33. The Morgan fingerprint density at radius 2 is 0.556 bits per heavy atom. The van der Waals surface area contributed by atoms with E-state index >= 15 is 0 Å². The zero-order valence-corrected chi connectivity index (χ0v) is 10.2. The molecule has 0 rings (SSSR count). The van der Waals surface area contributed by atoms with Crippen LogP contribution in [-0.2, 0) is 12.8 Å². The van der Waals surface area contributed by atoms with Crippen LogP contribution < -0.4 is 0 Å².